The summed E-state index contributed by atoms with van der Waals surface area (Å²) in [5, 5.41) is 3.47. The van der Waals surface area contributed by atoms with Gasteiger partial charge in [-0.1, -0.05) is 42.5 Å². The predicted molar refractivity (Wildman–Crippen MR) is 76.6 cm³/mol. The van der Waals surface area contributed by atoms with E-state index in [0.29, 0.717) is 0 Å². The van der Waals surface area contributed by atoms with E-state index in [2.05, 4.69) is 63.4 Å². The SMILES string of the molecule is c1ccc(CNCC[n+]2c[nH]c3ccccc32)cc1. The Morgan fingerprint density at radius 3 is 2.63 bits per heavy atom. The molecule has 0 bridgehead atoms. The first-order valence-corrected chi connectivity index (χ1v) is 6.64. The van der Waals surface area contributed by atoms with Crippen molar-refractivity contribution in [3.63, 3.8) is 0 Å². The zero-order valence-corrected chi connectivity index (χ0v) is 10.8. The number of nitrogens with one attached hydrogen (secondary N) is 2. The topological polar surface area (TPSA) is 31.7 Å². The third-order valence-corrected chi connectivity index (χ3v) is 3.29. The van der Waals surface area contributed by atoms with Crippen LogP contribution in [0.5, 0.6) is 0 Å². The number of para-hydroxylation sites is 2. The molecule has 2 N–H and O–H groups in total. The van der Waals surface area contributed by atoms with E-state index in [1.807, 2.05) is 12.4 Å². The molecule has 0 saturated carbocycles. The minimum Gasteiger partial charge on any atom is -0.309 e. The molecule has 3 aromatic rings. The summed E-state index contributed by atoms with van der Waals surface area (Å²) in [6.07, 6.45) is 2.04. The molecule has 1 heterocycles. The summed E-state index contributed by atoms with van der Waals surface area (Å²) in [6, 6.07) is 18.9. The van der Waals surface area contributed by atoms with Crippen LogP contribution in [-0.4, -0.2) is 11.5 Å². The average molecular weight is 252 g/mol. The molecule has 0 unspecified atom stereocenters. The highest BCUT2D eigenvalue weighted by Gasteiger charge is 2.07. The van der Waals surface area contributed by atoms with E-state index >= 15 is 0 Å². The Morgan fingerprint density at radius 2 is 1.74 bits per heavy atom. The van der Waals surface area contributed by atoms with E-state index in [4.69, 9.17) is 0 Å². The van der Waals surface area contributed by atoms with Gasteiger partial charge < -0.3 is 5.32 Å². The van der Waals surface area contributed by atoms with Gasteiger partial charge in [0.1, 0.15) is 6.54 Å². The smallest absolute Gasteiger partial charge is 0.242 e. The van der Waals surface area contributed by atoms with Crippen molar-refractivity contribution < 1.29 is 4.57 Å². The Bertz CT molecular complexity index is 643. The molecule has 0 saturated heterocycles. The monoisotopic (exact) mass is 252 g/mol. The number of benzene rings is 2. The Balaban J connectivity index is 1.55. The van der Waals surface area contributed by atoms with E-state index in [1.165, 1.54) is 16.6 Å². The number of rotatable bonds is 5. The van der Waals surface area contributed by atoms with Gasteiger partial charge in [0.2, 0.25) is 6.33 Å². The van der Waals surface area contributed by atoms with Gasteiger partial charge in [0.25, 0.3) is 0 Å². The van der Waals surface area contributed by atoms with Crippen LogP contribution < -0.4 is 9.88 Å². The maximum absolute atomic E-state index is 3.47. The summed E-state index contributed by atoms with van der Waals surface area (Å²) < 4.78 is 2.24. The highest BCUT2D eigenvalue weighted by molar-refractivity contribution is 5.70. The van der Waals surface area contributed by atoms with Crippen LogP contribution >= 0.6 is 0 Å². The maximum Gasteiger partial charge on any atom is 0.242 e. The number of hydrogen-bond acceptors (Lipinski definition) is 1. The second-order valence-electron chi connectivity index (χ2n) is 4.65. The molecule has 0 atom stereocenters. The zero-order valence-electron chi connectivity index (χ0n) is 10.8. The standard InChI is InChI=1S/C16H17N3/c1-2-6-14(7-3-1)12-17-10-11-19-13-18-15-8-4-5-9-16(15)19/h1-9,13,17H,10-12H2/p+1. The molecule has 2 aromatic carbocycles. The van der Waals surface area contributed by atoms with E-state index in [0.717, 1.165) is 19.6 Å². The van der Waals surface area contributed by atoms with Crippen LogP contribution in [0.4, 0.5) is 0 Å². The first-order valence-electron chi connectivity index (χ1n) is 6.64. The van der Waals surface area contributed by atoms with E-state index in [1.54, 1.807) is 0 Å². The fraction of sp³-hybridized carbons (Fsp3) is 0.188. The summed E-state index contributed by atoms with van der Waals surface area (Å²) in [5.74, 6) is 0. The van der Waals surface area contributed by atoms with Crippen LogP contribution in [0, 0.1) is 0 Å². The molecule has 0 aliphatic carbocycles. The van der Waals surface area contributed by atoms with Gasteiger partial charge in [-0.15, -0.1) is 0 Å². The Morgan fingerprint density at radius 1 is 0.947 bits per heavy atom. The fourth-order valence-corrected chi connectivity index (χ4v) is 2.28. The van der Waals surface area contributed by atoms with Crippen LogP contribution in [0.3, 0.4) is 0 Å². The molecule has 3 heteroatoms. The summed E-state index contributed by atoms with van der Waals surface area (Å²) in [6.45, 7) is 2.85. The van der Waals surface area contributed by atoms with Crippen molar-refractivity contribution in [2.75, 3.05) is 6.54 Å². The first kappa shape index (κ1) is 11.9. The number of fused-ring (bicyclic) bond motifs is 1. The van der Waals surface area contributed by atoms with Gasteiger partial charge in [0.05, 0.1) is 0 Å². The van der Waals surface area contributed by atoms with E-state index in [-0.39, 0.29) is 0 Å². The summed E-state index contributed by atoms with van der Waals surface area (Å²) >= 11 is 0. The quantitative estimate of drug-likeness (QED) is 0.529. The molecule has 3 nitrogen and oxygen atoms in total. The molecule has 0 spiro atoms. The van der Waals surface area contributed by atoms with Crippen molar-refractivity contribution in [3.05, 3.63) is 66.5 Å². The van der Waals surface area contributed by atoms with Crippen molar-refractivity contribution in [3.8, 4) is 0 Å². The first-order chi connectivity index (χ1) is 9.43. The molecule has 0 aliphatic rings. The summed E-state index contributed by atoms with van der Waals surface area (Å²) in [7, 11) is 0. The number of nitrogens with zero attached hydrogens (tertiary/aromatic N) is 1. The molecule has 1 aromatic heterocycles. The van der Waals surface area contributed by atoms with Crippen LogP contribution in [0.2, 0.25) is 0 Å². The molecule has 96 valence electrons. The largest absolute Gasteiger partial charge is 0.309 e. The summed E-state index contributed by atoms with van der Waals surface area (Å²) in [5.41, 5.74) is 3.76. The van der Waals surface area contributed by atoms with Gasteiger partial charge in [-0.05, 0) is 17.7 Å². The average Bonchev–Trinajstić information content (AvgIpc) is 2.88. The van der Waals surface area contributed by atoms with Crippen LogP contribution in [0.25, 0.3) is 11.0 Å². The Kier molecular flexibility index (Phi) is 3.56. The van der Waals surface area contributed by atoms with Gasteiger partial charge >= 0.3 is 0 Å². The molecule has 0 fully saturated rings. The second-order valence-corrected chi connectivity index (χ2v) is 4.65. The molecule has 19 heavy (non-hydrogen) atoms. The lowest BCUT2D eigenvalue weighted by atomic mass is 10.2. The predicted octanol–water partition coefficient (Wildman–Crippen LogP) is 2.25. The lowest BCUT2D eigenvalue weighted by Crippen LogP contribution is -2.37. The van der Waals surface area contributed by atoms with Gasteiger partial charge in [-0.25, -0.2) is 9.55 Å². The molecule has 3 rings (SSSR count). The van der Waals surface area contributed by atoms with Crippen molar-refractivity contribution >= 4 is 11.0 Å². The lowest BCUT2D eigenvalue weighted by Gasteiger charge is -2.03. The zero-order chi connectivity index (χ0) is 12.9. The normalized spacial score (nSPS) is 10.9. The van der Waals surface area contributed by atoms with Gasteiger partial charge in [-0.2, -0.15) is 0 Å². The van der Waals surface area contributed by atoms with Gasteiger partial charge in [0.15, 0.2) is 11.0 Å². The van der Waals surface area contributed by atoms with Crippen LogP contribution in [0.15, 0.2) is 60.9 Å². The van der Waals surface area contributed by atoms with Crippen molar-refractivity contribution in [2.45, 2.75) is 13.1 Å². The molecular formula is C16H18N3+. The number of imidazole rings is 1. The van der Waals surface area contributed by atoms with Crippen molar-refractivity contribution in [1.29, 1.82) is 0 Å². The van der Waals surface area contributed by atoms with E-state index < -0.39 is 0 Å². The highest BCUT2D eigenvalue weighted by Crippen LogP contribution is 2.04. The Hall–Kier alpha value is -2.13. The second kappa shape index (κ2) is 5.67. The minimum atomic E-state index is 0.920. The third kappa shape index (κ3) is 2.83. The van der Waals surface area contributed by atoms with Crippen molar-refractivity contribution in [1.82, 2.24) is 10.3 Å². The van der Waals surface area contributed by atoms with Crippen LogP contribution in [-0.2, 0) is 13.1 Å². The minimum absolute atomic E-state index is 0.920. The molecule has 0 aliphatic heterocycles. The maximum atomic E-state index is 3.47. The van der Waals surface area contributed by atoms with Gasteiger partial charge in [-0.3, -0.25) is 0 Å². The van der Waals surface area contributed by atoms with Crippen LogP contribution in [0.1, 0.15) is 5.56 Å². The van der Waals surface area contributed by atoms with Gasteiger partial charge in [0, 0.05) is 13.1 Å². The van der Waals surface area contributed by atoms with Crippen molar-refractivity contribution in [2.24, 2.45) is 0 Å². The third-order valence-electron chi connectivity index (χ3n) is 3.29. The molecule has 0 amide bonds. The Labute approximate surface area is 112 Å². The molecular weight excluding hydrogens is 234 g/mol. The highest BCUT2D eigenvalue weighted by atomic mass is 15.1. The fourth-order valence-electron chi connectivity index (χ4n) is 2.28. The number of aromatic amines is 1. The molecule has 0 radical (unpaired) electrons. The lowest BCUT2D eigenvalue weighted by molar-refractivity contribution is -0.669. The number of hydrogen-bond donors (Lipinski definition) is 2. The number of H-pyrrole nitrogens is 1. The summed E-state index contributed by atoms with van der Waals surface area (Å²) in [4.78, 5) is 3.28. The van der Waals surface area contributed by atoms with E-state index in [9.17, 15) is 0 Å². The number of aromatic nitrogens is 2.